The van der Waals surface area contributed by atoms with Crippen molar-refractivity contribution in [1.29, 1.82) is 0 Å². The maximum Gasteiger partial charge on any atom is 0.226 e. The van der Waals surface area contributed by atoms with E-state index in [9.17, 15) is 0 Å². The van der Waals surface area contributed by atoms with Gasteiger partial charge in [0.15, 0.2) is 11.6 Å². The smallest absolute Gasteiger partial charge is 0.208 e. The van der Waals surface area contributed by atoms with Gasteiger partial charge in [0.05, 0.1) is 0 Å². The normalized spacial score (nSPS) is 11.2. The highest BCUT2D eigenvalue weighted by atomic mass is 35.5. The van der Waals surface area contributed by atoms with Gasteiger partial charge in [0.2, 0.25) is 5.28 Å². The summed E-state index contributed by atoms with van der Waals surface area (Å²) in [5.41, 5.74) is 6.06. The lowest BCUT2D eigenvalue weighted by atomic mass is 10.0. The predicted octanol–water partition coefficient (Wildman–Crippen LogP) is 7.28. The minimum atomic E-state index is 0.162. The van der Waals surface area contributed by atoms with Crippen molar-refractivity contribution in [2.75, 3.05) is 0 Å². The van der Waals surface area contributed by atoms with Crippen molar-refractivity contribution < 1.29 is 0 Å². The van der Waals surface area contributed by atoms with Crippen LogP contribution in [0.3, 0.4) is 0 Å². The van der Waals surface area contributed by atoms with E-state index in [0.717, 1.165) is 33.4 Å². The lowest BCUT2D eigenvalue weighted by Gasteiger charge is -2.07. The Labute approximate surface area is 187 Å². The molecule has 0 radical (unpaired) electrons. The molecule has 0 saturated heterocycles. The monoisotopic (exact) mass is 421 g/mol. The average molecular weight is 422 g/mol. The van der Waals surface area contributed by atoms with Gasteiger partial charge in [-0.2, -0.15) is 9.97 Å². The zero-order chi connectivity index (χ0) is 21.6. The molecule has 0 aliphatic heterocycles. The molecule has 0 N–H and O–H groups in total. The first-order valence-corrected chi connectivity index (χ1v) is 10.2. The zero-order valence-electron chi connectivity index (χ0n) is 16.9. The Kier molecular flexibility index (Phi) is 6.16. The molecular weight excluding hydrogens is 402 g/mol. The van der Waals surface area contributed by atoms with Crippen LogP contribution in [0.25, 0.3) is 39.5 Å². The number of halogens is 1. The fourth-order valence-corrected chi connectivity index (χ4v) is 3.43. The molecule has 1 aromatic heterocycles. The Morgan fingerprint density at radius 2 is 1.16 bits per heavy atom. The highest BCUT2D eigenvalue weighted by Gasteiger charge is 2.10. The molecule has 3 aromatic carbocycles. The van der Waals surface area contributed by atoms with Crippen LogP contribution in [0.1, 0.15) is 5.56 Å². The van der Waals surface area contributed by atoms with Gasteiger partial charge in [-0.15, -0.1) is 0 Å². The Balaban J connectivity index is 1.65. The van der Waals surface area contributed by atoms with Crippen molar-refractivity contribution in [3.63, 3.8) is 0 Å². The van der Waals surface area contributed by atoms with Crippen LogP contribution in [0.2, 0.25) is 5.28 Å². The Morgan fingerprint density at radius 3 is 1.71 bits per heavy atom. The van der Waals surface area contributed by atoms with Crippen LogP contribution in [0.4, 0.5) is 0 Å². The largest absolute Gasteiger partial charge is 0.226 e. The molecule has 31 heavy (non-hydrogen) atoms. The van der Waals surface area contributed by atoms with Gasteiger partial charge in [-0.25, -0.2) is 4.98 Å². The summed E-state index contributed by atoms with van der Waals surface area (Å²) in [6, 6.07) is 26.2. The minimum Gasteiger partial charge on any atom is -0.208 e. The van der Waals surface area contributed by atoms with E-state index in [1.54, 1.807) is 12.2 Å². The van der Waals surface area contributed by atoms with Crippen molar-refractivity contribution in [2.45, 2.75) is 0 Å². The molecule has 3 nitrogen and oxygen atoms in total. The first-order valence-electron chi connectivity index (χ1n) is 9.81. The van der Waals surface area contributed by atoms with Gasteiger partial charge in [0.25, 0.3) is 0 Å². The summed E-state index contributed by atoms with van der Waals surface area (Å²) < 4.78 is 0. The highest BCUT2D eigenvalue weighted by Crippen LogP contribution is 2.26. The first-order chi connectivity index (χ1) is 15.2. The van der Waals surface area contributed by atoms with Gasteiger partial charge in [-0.3, -0.25) is 0 Å². The third-order valence-electron chi connectivity index (χ3n) is 4.85. The van der Waals surface area contributed by atoms with Gasteiger partial charge in [-0.1, -0.05) is 110 Å². The molecule has 4 heteroatoms. The maximum atomic E-state index is 6.23. The van der Waals surface area contributed by atoms with Crippen LogP contribution in [-0.4, -0.2) is 15.0 Å². The number of hydrogen-bond acceptors (Lipinski definition) is 3. The predicted molar refractivity (Wildman–Crippen MR) is 130 cm³/mol. The number of benzene rings is 3. The molecule has 0 saturated carbocycles. The van der Waals surface area contributed by atoms with E-state index in [1.165, 1.54) is 0 Å². The fourth-order valence-electron chi connectivity index (χ4n) is 3.27. The van der Waals surface area contributed by atoms with E-state index in [0.29, 0.717) is 11.6 Å². The van der Waals surface area contributed by atoms with Crippen molar-refractivity contribution in [3.05, 3.63) is 121 Å². The molecule has 0 amide bonds. The Bertz CT molecular complexity index is 1240. The molecular formula is C27H20ClN3. The summed E-state index contributed by atoms with van der Waals surface area (Å²) in [6.45, 7) is 7.60. The fraction of sp³-hybridized carbons (Fsp3) is 0. The zero-order valence-corrected chi connectivity index (χ0v) is 17.6. The number of nitrogens with zero attached hydrogens (tertiary/aromatic N) is 3. The molecule has 0 fully saturated rings. The molecule has 1 heterocycles. The average Bonchev–Trinajstić information content (AvgIpc) is 2.83. The molecule has 0 spiro atoms. The minimum absolute atomic E-state index is 0.162. The molecule has 0 aliphatic carbocycles. The molecule has 0 bridgehead atoms. The lowest BCUT2D eigenvalue weighted by Crippen LogP contribution is -1.97. The van der Waals surface area contributed by atoms with Crippen LogP contribution in [-0.2, 0) is 0 Å². The van der Waals surface area contributed by atoms with Gasteiger partial charge in [0.1, 0.15) is 0 Å². The van der Waals surface area contributed by atoms with E-state index < -0.39 is 0 Å². The van der Waals surface area contributed by atoms with E-state index in [2.05, 4.69) is 52.4 Å². The second-order valence-corrected chi connectivity index (χ2v) is 7.17. The highest BCUT2D eigenvalue weighted by molar-refractivity contribution is 6.28. The Morgan fingerprint density at radius 1 is 0.645 bits per heavy atom. The summed E-state index contributed by atoms with van der Waals surface area (Å²) in [5, 5.41) is 0.162. The summed E-state index contributed by atoms with van der Waals surface area (Å²) in [7, 11) is 0. The summed E-state index contributed by atoms with van der Waals surface area (Å²) in [4.78, 5) is 13.3. The third-order valence-corrected chi connectivity index (χ3v) is 5.02. The quantitative estimate of drug-likeness (QED) is 0.307. The maximum absolute atomic E-state index is 6.23. The van der Waals surface area contributed by atoms with Crippen LogP contribution in [0, 0.1) is 0 Å². The van der Waals surface area contributed by atoms with Crippen LogP contribution in [0.5, 0.6) is 0 Å². The first kappa shape index (κ1) is 20.5. The van der Waals surface area contributed by atoms with Crippen molar-refractivity contribution in [1.82, 2.24) is 15.0 Å². The SMILES string of the molecule is C=C/C=C(\C=C)c1ccc(-c2nc(Cl)nc(-c3ccc(-c4ccccc4)cc3)n2)cc1. The van der Waals surface area contributed by atoms with E-state index >= 15 is 0 Å². The second-order valence-electron chi connectivity index (χ2n) is 6.83. The summed E-state index contributed by atoms with van der Waals surface area (Å²) >= 11 is 6.23. The standard InChI is InChI=1S/C27H20ClN3/c1-3-8-19(4-2)21-11-15-23(16-12-21)25-29-26(31-27(28)30-25)24-17-13-22(14-18-24)20-9-6-5-7-10-20/h3-18H,1-2H2/b19-8+. The topological polar surface area (TPSA) is 38.7 Å². The number of hydrogen-bond donors (Lipinski definition) is 0. The van der Waals surface area contributed by atoms with Gasteiger partial charge in [-0.05, 0) is 33.9 Å². The van der Waals surface area contributed by atoms with Gasteiger partial charge >= 0.3 is 0 Å². The number of rotatable bonds is 6. The second kappa shape index (κ2) is 9.33. The van der Waals surface area contributed by atoms with Crippen molar-refractivity contribution in [3.8, 4) is 33.9 Å². The number of aromatic nitrogens is 3. The molecule has 4 aromatic rings. The third kappa shape index (κ3) is 4.68. The molecule has 0 atom stereocenters. The van der Waals surface area contributed by atoms with Crippen molar-refractivity contribution >= 4 is 17.2 Å². The lowest BCUT2D eigenvalue weighted by molar-refractivity contribution is 1.07. The van der Waals surface area contributed by atoms with Gasteiger partial charge < -0.3 is 0 Å². The van der Waals surface area contributed by atoms with Crippen molar-refractivity contribution in [2.24, 2.45) is 0 Å². The molecule has 4 rings (SSSR count). The van der Waals surface area contributed by atoms with E-state index in [-0.39, 0.29) is 5.28 Å². The summed E-state index contributed by atoms with van der Waals surface area (Å²) in [6.07, 6.45) is 5.46. The number of allylic oxidation sites excluding steroid dienone is 4. The van der Waals surface area contributed by atoms with Crippen LogP contribution >= 0.6 is 11.6 Å². The van der Waals surface area contributed by atoms with Crippen LogP contribution < -0.4 is 0 Å². The van der Waals surface area contributed by atoms with Gasteiger partial charge in [0, 0.05) is 11.1 Å². The Hall–Kier alpha value is -3.82. The molecule has 0 unspecified atom stereocenters. The molecule has 0 aliphatic rings. The van der Waals surface area contributed by atoms with Crippen LogP contribution in [0.15, 0.2) is 110 Å². The molecule has 150 valence electrons. The summed E-state index contributed by atoms with van der Waals surface area (Å²) in [5.74, 6) is 1.07. The van der Waals surface area contributed by atoms with E-state index in [4.69, 9.17) is 11.6 Å². The van der Waals surface area contributed by atoms with E-state index in [1.807, 2.05) is 60.7 Å².